The van der Waals surface area contributed by atoms with Gasteiger partial charge in [0.25, 0.3) is 0 Å². The molecular formula is C25H29BrO9. The highest BCUT2D eigenvalue weighted by Gasteiger charge is 2.14. The van der Waals surface area contributed by atoms with Gasteiger partial charge < -0.3 is 28.4 Å². The fourth-order valence-corrected chi connectivity index (χ4v) is 3.03. The number of ether oxygens (including phenoxy) is 6. The third-order valence-electron chi connectivity index (χ3n) is 4.35. The molecule has 0 bridgehead atoms. The summed E-state index contributed by atoms with van der Waals surface area (Å²) < 4.78 is 32.8. The molecule has 0 aliphatic carbocycles. The molecule has 2 rings (SSSR count). The van der Waals surface area contributed by atoms with E-state index in [9.17, 15) is 14.4 Å². The standard InChI is InChI=1S/C25H29BrO9/c1-18(27)32-13-9-30-11-15-34-23-8-5-21(25(29)20-3-6-22(26)7-4-20)17-24(23)35-16-12-31-10-14-33-19(2)28/h3-8,17H,9-16H2,1-2H3. The first-order valence-corrected chi connectivity index (χ1v) is 11.8. The molecule has 0 atom stereocenters. The van der Waals surface area contributed by atoms with E-state index in [-0.39, 0.29) is 70.6 Å². The molecule has 0 saturated heterocycles. The van der Waals surface area contributed by atoms with Crippen molar-refractivity contribution in [3.63, 3.8) is 0 Å². The molecule has 0 radical (unpaired) electrons. The van der Waals surface area contributed by atoms with Gasteiger partial charge >= 0.3 is 11.9 Å². The number of carbonyl (C=O) groups is 3. The Balaban J connectivity index is 1.95. The number of carbonyl (C=O) groups excluding carboxylic acids is 3. The van der Waals surface area contributed by atoms with Crippen molar-refractivity contribution in [3.05, 3.63) is 58.1 Å². The van der Waals surface area contributed by atoms with E-state index in [0.29, 0.717) is 22.6 Å². The van der Waals surface area contributed by atoms with Crippen LogP contribution in [0.15, 0.2) is 46.9 Å². The first-order valence-electron chi connectivity index (χ1n) is 11.0. The minimum absolute atomic E-state index is 0.152. The zero-order valence-electron chi connectivity index (χ0n) is 19.8. The van der Waals surface area contributed by atoms with Crippen molar-refractivity contribution in [1.82, 2.24) is 0 Å². The maximum absolute atomic E-state index is 12.9. The quantitative estimate of drug-likeness (QED) is 0.175. The molecule has 35 heavy (non-hydrogen) atoms. The van der Waals surface area contributed by atoms with Crippen molar-refractivity contribution < 1.29 is 42.8 Å². The van der Waals surface area contributed by atoms with Crippen molar-refractivity contribution in [2.24, 2.45) is 0 Å². The number of esters is 2. The Bertz CT molecular complexity index is 960. The molecule has 0 spiro atoms. The molecule has 2 aromatic carbocycles. The highest BCUT2D eigenvalue weighted by atomic mass is 79.9. The number of rotatable bonds is 16. The van der Waals surface area contributed by atoms with Crippen molar-refractivity contribution in [2.75, 3.05) is 52.9 Å². The van der Waals surface area contributed by atoms with E-state index in [1.165, 1.54) is 13.8 Å². The lowest BCUT2D eigenvalue weighted by Crippen LogP contribution is -2.14. The van der Waals surface area contributed by atoms with Gasteiger partial charge in [0.15, 0.2) is 17.3 Å². The monoisotopic (exact) mass is 552 g/mol. The SMILES string of the molecule is CC(=O)OCCOCCOc1ccc(C(=O)c2ccc(Br)cc2)cc1OCCOCCOC(C)=O. The molecule has 0 heterocycles. The molecule has 9 nitrogen and oxygen atoms in total. The van der Waals surface area contributed by atoms with Crippen LogP contribution < -0.4 is 9.47 Å². The van der Waals surface area contributed by atoms with Gasteiger partial charge in [0, 0.05) is 29.4 Å². The summed E-state index contributed by atoms with van der Waals surface area (Å²) in [5, 5.41) is 0. The first-order chi connectivity index (χ1) is 16.9. The summed E-state index contributed by atoms with van der Waals surface area (Å²) in [6.07, 6.45) is 0. The maximum atomic E-state index is 12.9. The van der Waals surface area contributed by atoms with Gasteiger partial charge in [-0.15, -0.1) is 0 Å². The maximum Gasteiger partial charge on any atom is 0.302 e. The Morgan fingerprint density at radius 1 is 0.629 bits per heavy atom. The molecule has 0 saturated carbocycles. The fourth-order valence-electron chi connectivity index (χ4n) is 2.76. The number of benzene rings is 2. The summed E-state index contributed by atoms with van der Waals surface area (Å²) in [6.45, 7) is 4.48. The Morgan fingerprint density at radius 2 is 1.11 bits per heavy atom. The second-order valence-electron chi connectivity index (χ2n) is 7.10. The smallest absolute Gasteiger partial charge is 0.302 e. The van der Waals surface area contributed by atoms with Crippen molar-refractivity contribution in [3.8, 4) is 11.5 Å². The third kappa shape index (κ3) is 11.3. The minimum atomic E-state index is -0.366. The van der Waals surface area contributed by atoms with Crippen LogP contribution in [0.3, 0.4) is 0 Å². The molecule has 2 aromatic rings. The Kier molecular flexibility index (Phi) is 12.8. The highest BCUT2D eigenvalue weighted by Crippen LogP contribution is 2.29. The van der Waals surface area contributed by atoms with Gasteiger partial charge in [-0.25, -0.2) is 0 Å². The van der Waals surface area contributed by atoms with E-state index in [0.717, 1.165) is 4.47 Å². The van der Waals surface area contributed by atoms with E-state index in [2.05, 4.69) is 15.9 Å². The summed E-state index contributed by atoms with van der Waals surface area (Å²) in [4.78, 5) is 34.4. The van der Waals surface area contributed by atoms with E-state index in [1.807, 2.05) is 0 Å². The van der Waals surface area contributed by atoms with Crippen LogP contribution in [-0.4, -0.2) is 70.6 Å². The summed E-state index contributed by atoms with van der Waals surface area (Å²) in [6, 6.07) is 12.0. The number of halogens is 1. The second kappa shape index (κ2) is 15.9. The van der Waals surface area contributed by atoms with Crippen LogP contribution in [0.25, 0.3) is 0 Å². The molecule has 0 amide bonds. The van der Waals surface area contributed by atoms with Crippen LogP contribution in [0.1, 0.15) is 29.8 Å². The molecule has 0 fully saturated rings. The molecule has 0 aromatic heterocycles. The third-order valence-corrected chi connectivity index (χ3v) is 4.88. The van der Waals surface area contributed by atoms with Gasteiger partial charge in [-0.3, -0.25) is 14.4 Å². The van der Waals surface area contributed by atoms with Gasteiger partial charge in [-0.05, 0) is 42.5 Å². The average molecular weight is 553 g/mol. The van der Waals surface area contributed by atoms with E-state index >= 15 is 0 Å². The van der Waals surface area contributed by atoms with Crippen LogP contribution in [0.2, 0.25) is 0 Å². The van der Waals surface area contributed by atoms with Crippen LogP contribution in [-0.2, 0) is 28.5 Å². The molecule has 190 valence electrons. The van der Waals surface area contributed by atoms with Crippen LogP contribution in [0.5, 0.6) is 11.5 Å². The zero-order valence-corrected chi connectivity index (χ0v) is 21.3. The van der Waals surface area contributed by atoms with Gasteiger partial charge in [-0.2, -0.15) is 0 Å². The number of ketones is 1. The first kappa shape index (κ1) is 28.3. The van der Waals surface area contributed by atoms with Crippen molar-refractivity contribution in [1.29, 1.82) is 0 Å². The van der Waals surface area contributed by atoms with Crippen LogP contribution >= 0.6 is 15.9 Å². The lowest BCUT2D eigenvalue weighted by atomic mass is 10.0. The number of hydrogen-bond acceptors (Lipinski definition) is 9. The molecule has 0 aliphatic rings. The summed E-state index contributed by atoms with van der Waals surface area (Å²) in [7, 11) is 0. The van der Waals surface area contributed by atoms with E-state index < -0.39 is 0 Å². The second-order valence-corrected chi connectivity index (χ2v) is 8.01. The van der Waals surface area contributed by atoms with Gasteiger partial charge in [0.1, 0.15) is 26.4 Å². The normalized spacial score (nSPS) is 10.5. The largest absolute Gasteiger partial charge is 0.487 e. The van der Waals surface area contributed by atoms with Gasteiger partial charge in [0.05, 0.1) is 26.4 Å². The Morgan fingerprint density at radius 3 is 1.66 bits per heavy atom. The van der Waals surface area contributed by atoms with Crippen molar-refractivity contribution in [2.45, 2.75) is 13.8 Å². The lowest BCUT2D eigenvalue weighted by Gasteiger charge is -2.14. The summed E-state index contributed by atoms with van der Waals surface area (Å²) in [5.74, 6) is -0.0494. The number of hydrogen-bond donors (Lipinski definition) is 0. The minimum Gasteiger partial charge on any atom is -0.487 e. The molecule has 0 unspecified atom stereocenters. The Labute approximate surface area is 212 Å². The Hall–Kier alpha value is -2.95. The fraction of sp³-hybridized carbons (Fsp3) is 0.400. The van der Waals surface area contributed by atoms with Gasteiger partial charge in [-0.1, -0.05) is 15.9 Å². The topological polar surface area (TPSA) is 107 Å². The predicted octanol–water partition coefficient (Wildman–Crippen LogP) is 3.60. The highest BCUT2D eigenvalue weighted by molar-refractivity contribution is 9.10. The van der Waals surface area contributed by atoms with E-state index in [4.69, 9.17) is 28.4 Å². The molecule has 0 N–H and O–H groups in total. The van der Waals surface area contributed by atoms with Crippen LogP contribution in [0.4, 0.5) is 0 Å². The predicted molar refractivity (Wildman–Crippen MR) is 130 cm³/mol. The molecule has 0 aliphatic heterocycles. The average Bonchev–Trinajstić information content (AvgIpc) is 2.83. The molecular weight excluding hydrogens is 524 g/mol. The van der Waals surface area contributed by atoms with Gasteiger partial charge in [0.2, 0.25) is 0 Å². The lowest BCUT2D eigenvalue weighted by molar-refractivity contribution is -0.143. The summed E-state index contributed by atoms with van der Waals surface area (Å²) >= 11 is 3.36. The van der Waals surface area contributed by atoms with E-state index in [1.54, 1.807) is 42.5 Å². The zero-order chi connectivity index (χ0) is 25.5. The van der Waals surface area contributed by atoms with Crippen molar-refractivity contribution >= 4 is 33.7 Å². The molecule has 10 heteroatoms. The van der Waals surface area contributed by atoms with Crippen LogP contribution in [0, 0.1) is 0 Å². The summed E-state index contributed by atoms with van der Waals surface area (Å²) in [5.41, 5.74) is 0.992.